The fourth-order valence-electron chi connectivity index (χ4n) is 3.38. The Balaban J connectivity index is 1.43. The molecule has 0 bridgehead atoms. The van der Waals surface area contributed by atoms with Crippen LogP contribution in [0.15, 0.2) is 67.0 Å². The quantitative estimate of drug-likeness (QED) is 0.725. The van der Waals surface area contributed by atoms with E-state index in [-0.39, 0.29) is 17.5 Å². The SMILES string of the molecule is O=C(c1cncc(Nc2ccccc2F)c1)N1CCN(c2ccccc2F)CC1. The Labute approximate surface area is 167 Å². The molecule has 0 aliphatic carbocycles. The maximum absolute atomic E-state index is 14.0. The van der Waals surface area contributed by atoms with Crippen LogP contribution >= 0.6 is 0 Å². The number of para-hydroxylation sites is 2. The Hall–Kier alpha value is -3.48. The molecule has 0 saturated carbocycles. The fourth-order valence-corrected chi connectivity index (χ4v) is 3.38. The summed E-state index contributed by atoms with van der Waals surface area (Å²) in [6, 6.07) is 14.6. The van der Waals surface area contributed by atoms with Gasteiger partial charge in [0, 0.05) is 32.4 Å². The van der Waals surface area contributed by atoms with Gasteiger partial charge in [0.15, 0.2) is 0 Å². The minimum atomic E-state index is -0.381. The largest absolute Gasteiger partial charge is 0.366 e. The molecule has 0 unspecified atom stereocenters. The lowest BCUT2D eigenvalue weighted by Crippen LogP contribution is -2.49. The molecular weight excluding hydrogens is 374 g/mol. The van der Waals surface area contributed by atoms with Crippen molar-refractivity contribution in [2.24, 2.45) is 0 Å². The molecule has 3 aromatic rings. The number of amides is 1. The van der Waals surface area contributed by atoms with E-state index in [1.165, 1.54) is 18.3 Å². The lowest BCUT2D eigenvalue weighted by atomic mass is 10.2. The second-order valence-electron chi connectivity index (χ2n) is 6.80. The minimum Gasteiger partial charge on any atom is -0.366 e. The number of hydrogen-bond acceptors (Lipinski definition) is 4. The van der Waals surface area contributed by atoms with Gasteiger partial charge in [0.2, 0.25) is 0 Å². The molecular formula is C22H20F2N4O. The summed E-state index contributed by atoms with van der Waals surface area (Å²) < 4.78 is 27.8. The summed E-state index contributed by atoms with van der Waals surface area (Å²) in [4.78, 5) is 20.6. The van der Waals surface area contributed by atoms with Crippen LogP contribution < -0.4 is 10.2 Å². The van der Waals surface area contributed by atoms with Crippen molar-refractivity contribution in [3.63, 3.8) is 0 Å². The number of halogens is 2. The van der Waals surface area contributed by atoms with Gasteiger partial charge in [0.1, 0.15) is 11.6 Å². The van der Waals surface area contributed by atoms with E-state index in [4.69, 9.17) is 0 Å². The Morgan fingerprint density at radius 2 is 1.59 bits per heavy atom. The summed E-state index contributed by atoms with van der Waals surface area (Å²) in [5, 5.41) is 2.95. The van der Waals surface area contributed by atoms with Crippen molar-refractivity contribution in [2.75, 3.05) is 36.4 Å². The molecule has 1 aliphatic rings. The number of aromatic nitrogens is 1. The molecule has 29 heavy (non-hydrogen) atoms. The highest BCUT2D eigenvalue weighted by atomic mass is 19.1. The molecule has 5 nitrogen and oxygen atoms in total. The third-order valence-corrected chi connectivity index (χ3v) is 4.90. The first-order chi connectivity index (χ1) is 14.1. The molecule has 1 amide bonds. The summed E-state index contributed by atoms with van der Waals surface area (Å²) in [6.45, 7) is 2.07. The Bertz CT molecular complexity index is 1020. The number of carbonyl (C=O) groups is 1. The van der Waals surface area contributed by atoms with Crippen LogP contribution in [0, 0.1) is 11.6 Å². The van der Waals surface area contributed by atoms with Crippen LogP contribution in [0.3, 0.4) is 0 Å². The molecule has 0 radical (unpaired) electrons. The number of pyridine rings is 1. The van der Waals surface area contributed by atoms with Gasteiger partial charge in [-0.25, -0.2) is 8.78 Å². The highest BCUT2D eigenvalue weighted by Gasteiger charge is 2.24. The topological polar surface area (TPSA) is 48.5 Å². The van der Waals surface area contributed by atoms with Crippen LogP contribution in [-0.4, -0.2) is 42.0 Å². The van der Waals surface area contributed by atoms with Crippen molar-refractivity contribution < 1.29 is 13.6 Å². The molecule has 148 valence electrons. The molecule has 7 heteroatoms. The highest BCUT2D eigenvalue weighted by molar-refractivity contribution is 5.95. The Morgan fingerprint density at radius 3 is 2.31 bits per heavy atom. The van der Waals surface area contributed by atoms with Crippen LogP contribution in [0.5, 0.6) is 0 Å². The molecule has 0 atom stereocenters. The first-order valence-corrected chi connectivity index (χ1v) is 9.37. The van der Waals surface area contributed by atoms with Crippen molar-refractivity contribution in [1.29, 1.82) is 0 Å². The molecule has 1 aliphatic heterocycles. The first-order valence-electron chi connectivity index (χ1n) is 9.37. The standard InChI is InChI=1S/C22H20F2N4O/c23-18-5-1-3-7-20(18)26-17-13-16(14-25-15-17)22(29)28-11-9-27(10-12-28)21-8-4-2-6-19(21)24/h1-8,13-15,26H,9-12H2. The van der Waals surface area contributed by atoms with Crippen LogP contribution in [-0.2, 0) is 0 Å². The van der Waals surface area contributed by atoms with E-state index >= 15 is 0 Å². The number of rotatable bonds is 4. The third kappa shape index (κ3) is 4.18. The summed E-state index contributed by atoms with van der Waals surface area (Å²) in [7, 11) is 0. The Morgan fingerprint density at radius 1 is 0.897 bits per heavy atom. The zero-order valence-corrected chi connectivity index (χ0v) is 15.7. The predicted molar refractivity (Wildman–Crippen MR) is 108 cm³/mol. The van der Waals surface area contributed by atoms with Crippen LogP contribution in [0.2, 0.25) is 0 Å². The number of piperazine rings is 1. The average molecular weight is 394 g/mol. The molecule has 1 N–H and O–H groups in total. The highest BCUT2D eigenvalue weighted by Crippen LogP contribution is 2.22. The van der Waals surface area contributed by atoms with Crippen molar-refractivity contribution in [2.45, 2.75) is 0 Å². The van der Waals surface area contributed by atoms with Crippen LogP contribution in [0.25, 0.3) is 0 Å². The molecule has 2 heterocycles. The average Bonchev–Trinajstić information content (AvgIpc) is 2.76. The maximum atomic E-state index is 14.0. The van der Waals surface area contributed by atoms with E-state index in [0.717, 1.165) is 0 Å². The molecule has 2 aromatic carbocycles. The normalized spacial score (nSPS) is 14.0. The molecule has 1 saturated heterocycles. The van der Waals surface area contributed by atoms with Crippen molar-refractivity contribution in [1.82, 2.24) is 9.88 Å². The second kappa shape index (κ2) is 8.26. The van der Waals surface area contributed by atoms with E-state index in [9.17, 15) is 13.6 Å². The van der Waals surface area contributed by atoms with Gasteiger partial charge >= 0.3 is 0 Å². The zero-order valence-electron chi connectivity index (χ0n) is 15.7. The predicted octanol–water partition coefficient (Wildman–Crippen LogP) is 4.07. The zero-order chi connectivity index (χ0) is 20.2. The third-order valence-electron chi connectivity index (χ3n) is 4.90. The number of carbonyl (C=O) groups excluding carboxylic acids is 1. The summed E-state index contributed by atoms with van der Waals surface area (Å²) in [6.07, 6.45) is 3.04. The van der Waals surface area contributed by atoms with Gasteiger partial charge in [-0.05, 0) is 30.3 Å². The van der Waals surface area contributed by atoms with Gasteiger partial charge in [-0.3, -0.25) is 9.78 Å². The first kappa shape index (κ1) is 18.9. The van der Waals surface area contributed by atoms with E-state index < -0.39 is 0 Å². The number of hydrogen-bond donors (Lipinski definition) is 1. The lowest BCUT2D eigenvalue weighted by Gasteiger charge is -2.36. The summed E-state index contributed by atoms with van der Waals surface area (Å²) in [5.41, 5.74) is 1.83. The summed E-state index contributed by atoms with van der Waals surface area (Å²) >= 11 is 0. The minimum absolute atomic E-state index is 0.150. The van der Waals surface area contributed by atoms with E-state index in [1.54, 1.807) is 53.6 Å². The number of nitrogens with one attached hydrogen (secondary N) is 1. The van der Waals surface area contributed by atoms with Gasteiger partial charge in [-0.2, -0.15) is 0 Å². The van der Waals surface area contributed by atoms with Gasteiger partial charge < -0.3 is 15.1 Å². The smallest absolute Gasteiger partial charge is 0.255 e. The van der Waals surface area contributed by atoms with Gasteiger partial charge in [-0.15, -0.1) is 0 Å². The monoisotopic (exact) mass is 394 g/mol. The van der Waals surface area contributed by atoms with E-state index in [0.29, 0.717) is 48.8 Å². The second-order valence-corrected chi connectivity index (χ2v) is 6.80. The molecule has 0 spiro atoms. The summed E-state index contributed by atoms with van der Waals surface area (Å²) in [5.74, 6) is -0.792. The number of nitrogens with zero attached hydrogens (tertiary/aromatic N) is 3. The van der Waals surface area contributed by atoms with Crippen LogP contribution in [0.4, 0.5) is 25.8 Å². The van der Waals surface area contributed by atoms with Crippen molar-refractivity contribution in [3.05, 3.63) is 84.2 Å². The molecule has 4 rings (SSSR count). The van der Waals surface area contributed by atoms with Gasteiger partial charge in [0.05, 0.1) is 28.8 Å². The van der Waals surface area contributed by atoms with Gasteiger partial charge in [-0.1, -0.05) is 24.3 Å². The maximum Gasteiger partial charge on any atom is 0.255 e. The fraction of sp³-hybridized carbons (Fsp3) is 0.182. The lowest BCUT2D eigenvalue weighted by molar-refractivity contribution is 0.0746. The number of anilines is 3. The van der Waals surface area contributed by atoms with E-state index in [1.807, 2.05) is 4.90 Å². The van der Waals surface area contributed by atoms with Gasteiger partial charge in [0.25, 0.3) is 5.91 Å². The van der Waals surface area contributed by atoms with Crippen LogP contribution in [0.1, 0.15) is 10.4 Å². The number of benzene rings is 2. The van der Waals surface area contributed by atoms with Crippen molar-refractivity contribution >= 4 is 23.0 Å². The molecule has 1 fully saturated rings. The van der Waals surface area contributed by atoms with Crippen molar-refractivity contribution in [3.8, 4) is 0 Å². The Kier molecular flexibility index (Phi) is 5.37. The molecule has 1 aromatic heterocycles. The van der Waals surface area contributed by atoms with E-state index in [2.05, 4.69) is 10.3 Å².